The van der Waals surface area contributed by atoms with Crippen LogP contribution in [0.2, 0.25) is 0 Å². The summed E-state index contributed by atoms with van der Waals surface area (Å²) in [6.07, 6.45) is 3.46. The second-order valence-corrected chi connectivity index (χ2v) is 3.05. The first kappa shape index (κ1) is 9.50. The topological polar surface area (TPSA) is 54.7 Å². The Morgan fingerprint density at radius 3 is 2.67 bits per heavy atom. The molecule has 74 valence electrons. The number of nitrogens with one attached hydrogen (secondary N) is 1. The summed E-state index contributed by atoms with van der Waals surface area (Å²) in [5.74, 6) is 5.79. The van der Waals surface area contributed by atoms with Crippen molar-refractivity contribution in [3.05, 3.63) is 42.4 Å². The van der Waals surface area contributed by atoms with Crippen molar-refractivity contribution in [2.24, 2.45) is 5.73 Å². The number of hydrogen-bond donors (Lipinski definition) is 2. The van der Waals surface area contributed by atoms with Crippen LogP contribution in [0.15, 0.2) is 36.8 Å². The number of aromatic amines is 1. The molecule has 1 aromatic carbocycles. The van der Waals surface area contributed by atoms with E-state index in [0.717, 1.165) is 16.8 Å². The summed E-state index contributed by atoms with van der Waals surface area (Å²) in [4.78, 5) is 7.02. The van der Waals surface area contributed by atoms with Gasteiger partial charge < -0.3 is 10.7 Å². The molecule has 0 aliphatic rings. The smallest absolute Gasteiger partial charge is 0.0924 e. The van der Waals surface area contributed by atoms with Crippen LogP contribution in [0.5, 0.6) is 0 Å². The number of nitrogens with two attached hydrogens (primary N) is 1. The van der Waals surface area contributed by atoms with E-state index in [-0.39, 0.29) is 0 Å². The number of H-pyrrole nitrogens is 1. The summed E-state index contributed by atoms with van der Waals surface area (Å²) < 4.78 is 0. The van der Waals surface area contributed by atoms with E-state index in [1.807, 2.05) is 24.3 Å². The molecule has 3 nitrogen and oxygen atoms in total. The molecule has 0 unspecified atom stereocenters. The van der Waals surface area contributed by atoms with Crippen LogP contribution in [0.25, 0.3) is 11.3 Å². The second-order valence-electron chi connectivity index (χ2n) is 3.05. The average molecular weight is 197 g/mol. The average Bonchev–Trinajstić information content (AvgIpc) is 2.80. The van der Waals surface area contributed by atoms with Gasteiger partial charge in [0.1, 0.15) is 0 Å². The predicted molar refractivity (Wildman–Crippen MR) is 60.0 cm³/mol. The molecule has 0 atom stereocenters. The van der Waals surface area contributed by atoms with Crippen LogP contribution in [-0.2, 0) is 0 Å². The van der Waals surface area contributed by atoms with E-state index in [4.69, 9.17) is 5.73 Å². The highest BCUT2D eigenvalue weighted by atomic mass is 14.9. The van der Waals surface area contributed by atoms with Crippen molar-refractivity contribution in [3.63, 3.8) is 0 Å². The fourth-order valence-electron chi connectivity index (χ4n) is 1.30. The SMILES string of the molecule is NCC#Cc1ccc(-c2cnc[nH]2)cc1. The lowest BCUT2D eigenvalue weighted by molar-refractivity contribution is 1.30. The number of rotatable bonds is 1. The normalized spacial score (nSPS) is 9.40. The Morgan fingerprint density at radius 2 is 2.07 bits per heavy atom. The van der Waals surface area contributed by atoms with Crippen LogP contribution in [0.4, 0.5) is 0 Å². The van der Waals surface area contributed by atoms with E-state index in [1.54, 1.807) is 12.5 Å². The number of hydrogen-bond acceptors (Lipinski definition) is 2. The summed E-state index contributed by atoms with van der Waals surface area (Å²) in [5, 5.41) is 0. The molecule has 3 heteroatoms. The third-order valence-electron chi connectivity index (χ3n) is 2.03. The van der Waals surface area contributed by atoms with Gasteiger partial charge in [0.05, 0.1) is 24.8 Å². The monoisotopic (exact) mass is 197 g/mol. The van der Waals surface area contributed by atoms with Gasteiger partial charge in [-0.2, -0.15) is 0 Å². The predicted octanol–water partition coefficient (Wildman–Crippen LogP) is 1.39. The molecule has 2 aromatic rings. The van der Waals surface area contributed by atoms with Gasteiger partial charge in [-0.3, -0.25) is 0 Å². The van der Waals surface area contributed by atoms with Crippen molar-refractivity contribution >= 4 is 0 Å². The number of benzene rings is 1. The van der Waals surface area contributed by atoms with Gasteiger partial charge in [0.25, 0.3) is 0 Å². The zero-order valence-electron chi connectivity index (χ0n) is 8.20. The third-order valence-corrected chi connectivity index (χ3v) is 2.03. The highest BCUT2D eigenvalue weighted by Crippen LogP contribution is 2.15. The van der Waals surface area contributed by atoms with Gasteiger partial charge in [-0.05, 0) is 17.7 Å². The first-order valence-corrected chi connectivity index (χ1v) is 4.68. The van der Waals surface area contributed by atoms with Gasteiger partial charge in [0, 0.05) is 5.56 Å². The van der Waals surface area contributed by atoms with Gasteiger partial charge >= 0.3 is 0 Å². The zero-order valence-corrected chi connectivity index (χ0v) is 8.20. The largest absolute Gasteiger partial charge is 0.345 e. The third kappa shape index (κ3) is 2.25. The minimum Gasteiger partial charge on any atom is -0.345 e. The minimum atomic E-state index is 0.391. The van der Waals surface area contributed by atoms with Crippen LogP contribution < -0.4 is 5.73 Å². The van der Waals surface area contributed by atoms with Gasteiger partial charge in [-0.1, -0.05) is 24.0 Å². The van der Waals surface area contributed by atoms with E-state index in [0.29, 0.717) is 6.54 Å². The molecule has 0 amide bonds. The molecular weight excluding hydrogens is 186 g/mol. The van der Waals surface area contributed by atoms with Gasteiger partial charge in [-0.15, -0.1) is 0 Å². The van der Waals surface area contributed by atoms with Crippen LogP contribution in [0.3, 0.4) is 0 Å². The molecule has 0 radical (unpaired) electrons. The van der Waals surface area contributed by atoms with Crippen LogP contribution >= 0.6 is 0 Å². The lowest BCUT2D eigenvalue weighted by Crippen LogP contribution is -1.92. The molecule has 1 heterocycles. The molecule has 0 fully saturated rings. The molecule has 1 aromatic heterocycles. The molecule has 0 spiro atoms. The highest BCUT2D eigenvalue weighted by molar-refractivity contribution is 5.59. The maximum atomic E-state index is 5.30. The minimum absolute atomic E-state index is 0.391. The maximum Gasteiger partial charge on any atom is 0.0924 e. The molecule has 0 aliphatic heterocycles. The van der Waals surface area contributed by atoms with Gasteiger partial charge in [0.2, 0.25) is 0 Å². The summed E-state index contributed by atoms with van der Waals surface area (Å²) in [5.41, 5.74) is 8.38. The Balaban J connectivity index is 2.25. The zero-order chi connectivity index (χ0) is 10.5. The number of aromatic nitrogens is 2. The fourth-order valence-corrected chi connectivity index (χ4v) is 1.30. The molecule has 0 aliphatic carbocycles. The molecule has 0 bridgehead atoms. The van der Waals surface area contributed by atoms with Crippen molar-refractivity contribution in [1.82, 2.24) is 9.97 Å². The van der Waals surface area contributed by atoms with E-state index in [1.165, 1.54) is 0 Å². The fraction of sp³-hybridized carbons (Fsp3) is 0.0833. The highest BCUT2D eigenvalue weighted by Gasteiger charge is 1.96. The standard InChI is InChI=1S/C12H11N3/c13-7-1-2-10-3-5-11(6-4-10)12-8-14-9-15-12/h3-6,8-9H,7,13H2,(H,14,15). The maximum absolute atomic E-state index is 5.30. The first-order chi connectivity index (χ1) is 7.40. The van der Waals surface area contributed by atoms with E-state index in [9.17, 15) is 0 Å². The number of nitrogens with zero attached hydrogens (tertiary/aromatic N) is 1. The lowest BCUT2D eigenvalue weighted by atomic mass is 10.1. The van der Waals surface area contributed by atoms with Crippen LogP contribution in [0, 0.1) is 11.8 Å². The van der Waals surface area contributed by atoms with Crippen molar-refractivity contribution < 1.29 is 0 Å². The Labute approximate surface area is 88.4 Å². The second kappa shape index (κ2) is 4.45. The first-order valence-electron chi connectivity index (χ1n) is 4.68. The van der Waals surface area contributed by atoms with Crippen LogP contribution in [-0.4, -0.2) is 16.5 Å². The van der Waals surface area contributed by atoms with E-state index < -0.39 is 0 Å². The van der Waals surface area contributed by atoms with Crippen molar-refractivity contribution in [1.29, 1.82) is 0 Å². The Morgan fingerprint density at radius 1 is 1.27 bits per heavy atom. The van der Waals surface area contributed by atoms with E-state index >= 15 is 0 Å². The molecule has 2 rings (SSSR count). The molecule has 15 heavy (non-hydrogen) atoms. The van der Waals surface area contributed by atoms with Crippen LogP contribution in [0.1, 0.15) is 5.56 Å². The molecule has 0 saturated carbocycles. The van der Waals surface area contributed by atoms with Crippen molar-refractivity contribution in [3.8, 4) is 23.1 Å². The van der Waals surface area contributed by atoms with Crippen molar-refractivity contribution in [2.45, 2.75) is 0 Å². The lowest BCUT2D eigenvalue weighted by Gasteiger charge is -1.96. The Kier molecular flexibility index (Phi) is 2.82. The molecular formula is C12H11N3. The Bertz CT molecular complexity index is 472. The molecule has 3 N–H and O–H groups in total. The van der Waals surface area contributed by atoms with Gasteiger partial charge in [0.15, 0.2) is 0 Å². The summed E-state index contributed by atoms with van der Waals surface area (Å²) in [6.45, 7) is 0.391. The number of imidazole rings is 1. The quantitative estimate of drug-likeness (QED) is 0.679. The van der Waals surface area contributed by atoms with E-state index in [2.05, 4.69) is 21.8 Å². The summed E-state index contributed by atoms with van der Waals surface area (Å²) >= 11 is 0. The summed E-state index contributed by atoms with van der Waals surface area (Å²) in [7, 11) is 0. The molecule has 0 saturated heterocycles. The summed E-state index contributed by atoms with van der Waals surface area (Å²) in [6, 6.07) is 7.96. The van der Waals surface area contributed by atoms with Gasteiger partial charge in [-0.25, -0.2) is 4.98 Å². The van der Waals surface area contributed by atoms with Crippen molar-refractivity contribution in [2.75, 3.05) is 6.54 Å². The Hall–Kier alpha value is -2.05.